The molecule has 0 atom stereocenters. The van der Waals surface area contributed by atoms with E-state index >= 15 is 0 Å². The molecule has 0 spiro atoms. The summed E-state index contributed by atoms with van der Waals surface area (Å²) >= 11 is -0.549. The third-order valence-electron chi connectivity index (χ3n) is 0.219. The molecule has 0 rings (SSSR count). The molecule has 1 N–H and O–H groups in total. The van der Waals surface area contributed by atoms with Crippen LogP contribution in [0.2, 0.25) is 5.82 Å². The summed E-state index contributed by atoms with van der Waals surface area (Å²) in [6, 6.07) is 0. The molecule has 0 fully saturated rings. The molecule has 0 amide bonds. The van der Waals surface area contributed by atoms with Crippen LogP contribution in [0.3, 0.4) is 0 Å². The van der Waals surface area contributed by atoms with Crippen LogP contribution in [0, 0.1) is 0 Å². The first-order valence-electron chi connectivity index (χ1n) is 1.11. The van der Waals surface area contributed by atoms with Gasteiger partial charge in [-0.25, -0.2) is 0 Å². The van der Waals surface area contributed by atoms with Gasteiger partial charge in [0.15, 0.2) is 0 Å². The summed E-state index contributed by atoms with van der Waals surface area (Å²) in [5.74, 6) is 1.50. The Morgan fingerprint density at radius 3 is 1.83 bits per heavy atom. The van der Waals surface area contributed by atoms with Crippen molar-refractivity contribution in [2.45, 2.75) is 5.82 Å². The van der Waals surface area contributed by atoms with Crippen LogP contribution in [0.4, 0.5) is 0 Å². The second-order valence-corrected chi connectivity index (χ2v) is 6.72. The van der Waals surface area contributed by atoms with E-state index in [1.54, 1.807) is 0 Å². The molecule has 0 saturated carbocycles. The molecule has 6 heavy (non-hydrogen) atoms. The standard InChI is InChI=1S/CH4NO2SSe/c1-6-5(2,3)4/h2H,1H3. The Kier molecular flexibility index (Phi) is 2.07. The van der Waals surface area contributed by atoms with E-state index in [0.29, 0.717) is 0 Å². The molecule has 0 aliphatic rings. The van der Waals surface area contributed by atoms with Crippen molar-refractivity contribution in [3.8, 4) is 0 Å². The van der Waals surface area contributed by atoms with Crippen LogP contribution in [0.15, 0.2) is 0 Å². The topological polar surface area (TPSA) is 57.9 Å². The molecule has 1 radical (unpaired) electrons. The molecule has 3 nitrogen and oxygen atoms in total. The van der Waals surface area contributed by atoms with Crippen molar-refractivity contribution in [3.05, 3.63) is 0 Å². The molecule has 0 aliphatic heterocycles. The molecule has 5 heteroatoms. The van der Waals surface area contributed by atoms with Crippen molar-refractivity contribution in [2.75, 3.05) is 0 Å². The summed E-state index contributed by atoms with van der Waals surface area (Å²) < 4.78 is 19.4. The number of hydrogen-bond acceptors (Lipinski definition) is 2. The fourth-order valence-corrected chi connectivity index (χ4v) is 0. The molecule has 0 aromatic carbocycles. The maximum absolute atomic E-state index is 9.69. The van der Waals surface area contributed by atoms with Crippen LogP contribution in [0.25, 0.3) is 0 Å². The van der Waals surface area contributed by atoms with Crippen LogP contribution in [0.5, 0.6) is 0 Å². The molecule has 0 bridgehead atoms. The summed E-state index contributed by atoms with van der Waals surface area (Å²) in [7, 11) is -3.35. The Balaban J connectivity index is 3.85. The van der Waals surface area contributed by atoms with Crippen molar-refractivity contribution in [1.29, 1.82) is 0 Å². The molecule has 0 aromatic heterocycles. The van der Waals surface area contributed by atoms with Gasteiger partial charge in [-0.3, -0.25) is 0 Å². The third-order valence-corrected chi connectivity index (χ3v) is 3.42. The van der Waals surface area contributed by atoms with E-state index in [9.17, 15) is 8.42 Å². The normalized spacial score (nSPS) is 11.7. The average molecular weight is 173 g/mol. The van der Waals surface area contributed by atoms with Crippen LogP contribution >= 0.6 is 0 Å². The Morgan fingerprint density at radius 2 is 1.83 bits per heavy atom. The fraction of sp³-hybridized carbons (Fsp3) is 1.00. The monoisotopic (exact) mass is 174 g/mol. The SMILES string of the molecule is C[Se]S([NH])(=O)=O. The summed E-state index contributed by atoms with van der Waals surface area (Å²) in [6.45, 7) is 0. The first-order valence-corrected chi connectivity index (χ1v) is 6.33. The van der Waals surface area contributed by atoms with Gasteiger partial charge in [-0.2, -0.15) is 0 Å². The summed E-state index contributed by atoms with van der Waals surface area (Å²) in [5, 5.41) is 6.18. The van der Waals surface area contributed by atoms with Gasteiger partial charge in [0.2, 0.25) is 0 Å². The van der Waals surface area contributed by atoms with Gasteiger partial charge in [-0.05, 0) is 0 Å². The van der Waals surface area contributed by atoms with Crippen molar-refractivity contribution in [1.82, 2.24) is 5.14 Å². The van der Waals surface area contributed by atoms with Crippen molar-refractivity contribution < 1.29 is 8.42 Å². The molecule has 0 aliphatic carbocycles. The molecule has 37 valence electrons. The minimum absolute atomic E-state index is 0.549. The van der Waals surface area contributed by atoms with Crippen LogP contribution in [-0.2, 0) is 8.44 Å². The fourth-order valence-electron chi connectivity index (χ4n) is 0. The molecule has 0 unspecified atom stereocenters. The number of hydrogen-bond donors (Lipinski definition) is 0. The summed E-state index contributed by atoms with van der Waals surface area (Å²) in [4.78, 5) is 0. The zero-order valence-corrected chi connectivity index (χ0v) is 5.66. The van der Waals surface area contributed by atoms with Crippen LogP contribution in [0.1, 0.15) is 0 Å². The Morgan fingerprint density at radius 1 is 1.67 bits per heavy atom. The van der Waals surface area contributed by atoms with Gasteiger partial charge in [0.25, 0.3) is 0 Å². The van der Waals surface area contributed by atoms with Crippen LogP contribution < -0.4 is 5.14 Å². The molecule has 0 aromatic rings. The van der Waals surface area contributed by atoms with E-state index in [2.05, 4.69) is 0 Å². The first-order chi connectivity index (χ1) is 2.56. The van der Waals surface area contributed by atoms with Crippen molar-refractivity contribution in [2.24, 2.45) is 0 Å². The summed E-state index contributed by atoms with van der Waals surface area (Å²) in [5.41, 5.74) is 0. The zero-order valence-electron chi connectivity index (χ0n) is 3.13. The van der Waals surface area contributed by atoms with Crippen LogP contribution in [-0.4, -0.2) is 22.3 Å². The number of rotatable bonds is 1. The second-order valence-electron chi connectivity index (χ2n) is 0.621. The van der Waals surface area contributed by atoms with E-state index in [0.717, 1.165) is 0 Å². The first kappa shape index (κ1) is 6.43. The molecule has 0 saturated heterocycles. The quantitative estimate of drug-likeness (QED) is 0.490. The van der Waals surface area contributed by atoms with Crippen molar-refractivity contribution in [3.63, 3.8) is 0 Å². The average Bonchev–Trinajstić information content (AvgIpc) is 1.35. The zero-order chi connectivity index (χ0) is 5.21. The van der Waals surface area contributed by atoms with Crippen molar-refractivity contribution >= 4 is 22.3 Å². The van der Waals surface area contributed by atoms with Gasteiger partial charge in [0.05, 0.1) is 0 Å². The number of nitrogens with one attached hydrogen (secondary N) is 1. The van der Waals surface area contributed by atoms with Gasteiger partial charge in [-0.15, -0.1) is 0 Å². The van der Waals surface area contributed by atoms with E-state index in [1.165, 1.54) is 5.82 Å². The van der Waals surface area contributed by atoms with E-state index in [1.807, 2.05) is 0 Å². The molecule has 0 heterocycles. The third kappa shape index (κ3) is 4.43. The Hall–Kier alpha value is 0.429. The Labute approximate surface area is 42.2 Å². The van der Waals surface area contributed by atoms with Gasteiger partial charge >= 0.3 is 41.7 Å². The predicted molar refractivity (Wildman–Crippen MR) is 23.6 cm³/mol. The molecular formula is CH4NO2SSe. The van der Waals surface area contributed by atoms with E-state index in [-0.39, 0.29) is 0 Å². The molecular weight excluding hydrogens is 169 g/mol. The van der Waals surface area contributed by atoms with Gasteiger partial charge < -0.3 is 0 Å². The minimum atomic E-state index is -3.35. The maximum atomic E-state index is 9.69. The van der Waals surface area contributed by atoms with Gasteiger partial charge in [0.1, 0.15) is 0 Å². The summed E-state index contributed by atoms with van der Waals surface area (Å²) in [6.07, 6.45) is 0. The second kappa shape index (κ2) is 1.93. The predicted octanol–water partition coefficient (Wildman–Crippen LogP) is -0.734. The van der Waals surface area contributed by atoms with E-state index in [4.69, 9.17) is 5.14 Å². The van der Waals surface area contributed by atoms with E-state index < -0.39 is 22.3 Å². The van der Waals surface area contributed by atoms with Gasteiger partial charge in [-0.1, -0.05) is 0 Å². The Bertz CT molecular complexity index is 116. The van der Waals surface area contributed by atoms with Gasteiger partial charge in [0, 0.05) is 0 Å².